The zero-order valence-electron chi connectivity index (χ0n) is 12.7. The minimum Gasteiger partial charge on any atom is -0.497 e. The number of carbonyl (C=O) groups is 3. The van der Waals surface area contributed by atoms with Crippen molar-refractivity contribution in [2.75, 3.05) is 13.7 Å². The van der Waals surface area contributed by atoms with Crippen molar-refractivity contribution < 1.29 is 33.7 Å². The Morgan fingerprint density at radius 3 is 2.30 bits per heavy atom. The van der Waals surface area contributed by atoms with E-state index in [0.29, 0.717) is 30.4 Å². The Labute approximate surface area is 133 Å². The molecular formula is C16H18O7. The van der Waals surface area contributed by atoms with Crippen LogP contribution < -0.4 is 9.47 Å². The van der Waals surface area contributed by atoms with Gasteiger partial charge in [-0.25, -0.2) is 9.59 Å². The van der Waals surface area contributed by atoms with Crippen molar-refractivity contribution in [3.05, 3.63) is 36.4 Å². The molecule has 7 nitrogen and oxygen atoms in total. The summed E-state index contributed by atoms with van der Waals surface area (Å²) in [6.45, 7) is 0.110. The number of rotatable bonds is 9. The second-order valence-corrected chi connectivity index (χ2v) is 4.45. The first-order valence-corrected chi connectivity index (χ1v) is 6.94. The minimum atomic E-state index is -1.22. The molecule has 0 spiro atoms. The first kappa shape index (κ1) is 18.2. The molecule has 0 heterocycles. The van der Waals surface area contributed by atoms with Gasteiger partial charge in [0.05, 0.1) is 13.7 Å². The molecule has 0 aliphatic carbocycles. The topological polar surface area (TPSA) is 99.1 Å². The molecule has 0 unspecified atom stereocenters. The number of unbranched alkanes of at least 4 members (excludes halogenated alkanes) is 1. The van der Waals surface area contributed by atoms with Crippen molar-refractivity contribution in [2.24, 2.45) is 0 Å². The third kappa shape index (κ3) is 8.25. The lowest BCUT2D eigenvalue weighted by Crippen LogP contribution is -2.09. The van der Waals surface area contributed by atoms with Gasteiger partial charge in [-0.05, 0) is 37.1 Å². The Morgan fingerprint density at radius 2 is 1.70 bits per heavy atom. The Morgan fingerprint density at radius 1 is 1.04 bits per heavy atom. The predicted octanol–water partition coefficient (Wildman–Crippen LogP) is 1.95. The van der Waals surface area contributed by atoms with Crippen molar-refractivity contribution in [2.45, 2.75) is 19.3 Å². The highest BCUT2D eigenvalue weighted by Crippen LogP contribution is 2.17. The average Bonchev–Trinajstić information content (AvgIpc) is 2.53. The number of hydrogen-bond acceptors (Lipinski definition) is 6. The largest absolute Gasteiger partial charge is 0.497 e. The van der Waals surface area contributed by atoms with E-state index >= 15 is 0 Å². The molecule has 0 aromatic heterocycles. The molecule has 1 rings (SSSR count). The maximum absolute atomic E-state index is 11.6. The maximum atomic E-state index is 11.6. The summed E-state index contributed by atoms with van der Waals surface area (Å²) < 4.78 is 14.9. The first-order valence-electron chi connectivity index (χ1n) is 6.94. The van der Waals surface area contributed by atoms with Gasteiger partial charge < -0.3 is 19.3 Å². The van der Waals surface area contributed by atoms with Crippen molar-refractivity contribution in [1.29, 1.82) is 0 Å². The van der Waals surface area contributed by atoms with Gasteiger partial charge in [0.15, 0.2) is 0 Å². The summed E-state index contributed by atoms with van der Waals surface area (Å²) >= 11 is 0. The van der Waals surface area contributed by atoms with Crippen LogP contribution >= 0.6 is 0 Å². The van der Waals surface area contributed by atoms with Crippen molar-refractivity contribution >= 4 is 17.9 Å². The number of ether oxygens (including phenoxy) is 3. The van der Waals surface area contributed by atoms with Gasteiger partial charge in [0.25, 0.3) is 0 Å². The standard InChI is InChI=1S/C16H18O7/c1-21-12-5-7-13(8-6-12)23-16(20)4-2-3-11-22-15(19)10-9-14(17)18/h5-10H,2-4,11H2,1H3,(H,17,18)/b10-9+. The van der Waals surface area contributed by atoms with Gasteiger partial charge in [0.1, 0.15) is 11.5 Å². The van der Waals surface area contributed by atoms with Crippen molar-refractivity contribution in [3.63, 3.8) is 0 Å². The van der Waals surface area contributed by atoms with Gasteiger partial charge in [-0.1, -0.05) is 0 Å². The number of aliphatic carboxylic acids is 1. The summed E-state index contributed by atoms with van der Waals surface area (Å²) in [6, 6.07) is 6.64. The van der Waals surface area contributed by atoms with E-state index in [1.54, 1.807) is 31.4 Å². The van der Waals surface area contributed by atoms with Crippen LogP contribution in [0.25, 0.3) is 0 Å². The highest BCUT2D eigenvalue weighted by Gasteiger charge is 2.05. The fourth-order valence-electron chi connectivity index (χ4n) is 1.56. The van der Waals surface area contributed by atoms with Crippen LogP contribution in [0.5, 0.6) is 11.5 Å². The van der Waals surface area contributed by atoms with Crippen LogP contribution in [0.3, 0.4) is 0 Å². The van der Waals surface area contributed by atoms with Gasteiger partial charge in [-0.3, -0.25) is 4.79 Å². The molecule has 1 aromatic carbocycles. The molecule has 0 aliphatic heterocycles. The lowest BCUT2D eigenvalue weighted by atomic mass is 10.2. The second kappa shape index (κ2) is 9.99. The minimum absolute atomic E-state index is 0.110. The quantitative estimate of drug-likeness (QED) is 0.321. The molecule has 0 radical (unpaired) electrons. The molecule has 23 heavy (non-hydrogen) atoms. The van der Waals surface area contributed by atoms with E-state index in [-0.39, 0.29) is 19.0 Å². The van der Waals surface area contributed by atoms with Gasteiger partial charge in [-0.15, -0.1) is 0 Å². The number of esters is 2. The van der Waals surface area contributed by atoms with Crippen LogP contribution in [0.15, 0.2) is 36.4 Å². The molecule has 0 saturated carbocycles. The lowest BCUT2D eigenvalue weighted by molar-refractivity contribution is -0.139. The third-order valence-corrected chi connectivity index (χ3v) is 2.67. The lowest BCUT2D eigenvalue weighted by Gasteiger charge is -2.05. The number of carbonyl (C=O) groups excluding carboxylic acids is 2. The average molecular weight is 322 g/mol. The van der Waals surface area contributed by atoms with Gasteiger partial charge in [0, 0.05) is 18.6 Å². The molecular weight excluding hydrogens is 304 g/mol. The molecule has 0 bridgehead atoms. The molecule has 124 valence electrons. The molecule has 1 aromatic rings. The Hall–Kier alpha value is -2.83. The highest BCUT2D eigenvalue weighted by atomic mass is 16.5. The number of methoxy groups -OCH3 is 1. The van der Waals surface area contributed by atoms with E-state index in [9.17, 15) is 14.4 Å². The van der Waals surface area contributed by atoms with E-state index in [1.165, 1.54) is 0 Å². The zero-order valence-corrected chi connectivity index (χ0v) is 12.7. The van der Waals surface area contributed by atoms with Crippen LogP contribution in [-0.2, 0) is 19.1 Å². The predicted molar refractivity (Wildman–Crippen MR) is 80.2 cm³/mol. The molecule has 0 amide bonds. The van der Waals surface area contributed by atoms with E-state index < -0.39 is 11.9 Å². The van der Waals surface area contributed by atoms with Gasteiger partial charge in [0.2, 0.25) is 0 Å². The molecule has 1 N–H and O–H groups in total. The fourth-order valence-corrected chi connectivity index (χ4v) is 1.56. The first-order chi connectivity index (χ1) is 11.0. The highest BCUT2D eigenvalue weighted by molar-refractivity contribution is 5.90. The normalized spacial score (nSPS) is 10.3. The maximum Gasteiger partial charge on any atom is 0.331 e. The van der Waals surface area contributed by atoms with Crippen molar-refractivity contribution in [3.8, 4) is 11.5 Å². The molecule has 0 aliphatic rings. The number of carboxylic acid groups (broad SMARTS) is 1. The van der Waals surface area contributed by atoms with E-state index in [1.807, 2.05) is 0 Å². The van der Waals surface area contributed by atoms with Crippen LogP contribution in [0.1, 0.15) is 19.3 Å². The van der Waals surface area contributed by atoms with Crippen LogP contribution in [0, 0.1) is 0 Å². The molecule has 0 saturated heterocycles. The van der Waals surface area contributed by atoms with E-state index in [2.05, 4.69) is 0 Å². The summed E-state index contributed by atoms with van der Waals surface area (Å²) in [5.74, 6) is -1.23. The smallest absolute Gasteiger partial charge is 0.331 e. The number of benzene rings is 1. The summed E-state index contributed by atoms with van der Waals surface area (Å²) in [4.78, 5) is 32.9. The SMILES string of the molecule is COc1ccc(OC(=O)CCCCOC(=O)/C=C/C(=O)O)cc1. The van der Waals surface area contributed by atoms with Crippen LogP contribution in [0.4, 0.5) is 0 Å². The monoisotopic (exact) mass is 322 g/mol. The number of hydrogen-bond donors (Lipinski definition) is 1. The zero-order chi connectivity index (χ0) is 17.1. The van der Waals surface area contributed by atoms with E-state index in [0.717, 1.165) is 6.08 Å². The van der Waals surface area contributed by atoms with Crippen molar-refractivity contribution in [1.82, 2.24) is 0 Å². The number of carboxylic acids is 1. The second-order valence-electron chi connectivity index (χ2n) is 4.45. The fraction of sp³-hybridized carbons (Fsp3) is 0.312. The summed E-state index contributed by atoms with van der Waals surface area (Å²) in [6.07, 6.45) is 2.69. The summed E-state index contributed by atoms with van der Waals surface area (Å²) in [5.41, 5.74) is 0. The summed E-state index contributed by atoms with van der Waals surface area (Å²) in [5, 5.41) is 8.33. The Kier molecular flexibility index (Phi) is 7.91. The van der Waals surface area contributed by atoms with E-state index in [4.69, 9.17) is 19.3 Å². The third-order valence-electron chi connectivity index (χ3n) is 2.67. The molecule has 0 fully saturated rings. The Balaban J connectivity index is 2.16. The summed E-state index contributed by atoms with van der Waals surface area (Å²) in [7, 11) is 1.55. The Bertz CT molecular complexity index is 560. The van der Waals surface area contributed by atoms with Gasteiger partial charge in [-0.2, -0.15) is 0 Å². The molecule has 0 atom stereocenters. The molecule has 7 heteroatoms. The van der Waals surface area contributed by atoms with Gasteiger partial charge >= 0.3 is 17.9 Å². The van der Waals surface area contributed by atoms with Crippen LogP contribution in [0.2, 0.25) is 0 Å². The van der Waals surface area contributed by atoms with Crippen LogP contribution in [-0.4, -0.2) is 36.7 Å².